The predicted molar refractivity (Wildman–Crippen MR) is 108 cm³/mol. The summed E-state index contributed by atoms with van der Waals surface area (Å²) in [6.07, 6.45) is 4.96. The van der Waals surface area contributed by atoms with E-state index in [0.29, 0.717) is 23.1 Å². The van der Waals surface area contributed by atoms with Crippen LogP contribution in [0.3, 0.4) is 0 Å². The lowest BCUT2D eigenvalue weighted by Crippen LogP contribution is -2.13. The lowest BCUT2D eigenvalue weighted by Gasteiger charge is -2.05. The van der Waals surface area contributed by atoms with E-state index in [0.717, 1.165) is 27.5 Å². The molecule has 0 saturated carbocycles. The Kier molecular flexibility index (Phi) is 3.91. The van der Waals surface area contributed by atoms with Gasteiger partial charge in [0, 0.05) is 29.2 Å². The number of pyridine rings is 1. The van der Waals surface area contributed by atoms with Gasteiger partial charge in [-0.15, -0.1) is 0 Å². The van der Waals surface area contributed by atoms with Crippen LogP contribution in [0.2, 0.25) is 0 Å². The summed E-state index contributed by atoms with van der Waals surface area (Å²) in [5.41, 5.74) is 3.65. The zero-order valence-corrected chi connectivity index (χ0v) is 15.3. The molecule has 0 unspecified atom stereocenters. The van der Waals surface area contributed by atoms with Gasteiger partial charge in [-0.1, -0.05) is 6.07 Å². The van der Waals surface area contributed by atoms with Gasteiger partial charge >= 0.3 is 6.01 Å². The maximum absolute atomic E-state index is 12.7. The fourth-order valence-corrected chi connectivity index (χ4v) is 3.17. The topological polar surface area (TPSA) is 121 Å². The van der Waals surface area contributed by atoms with Crippen molar-refractivity contribution in [1.29, 1.82) is 0 Å². The van der Waals surface area contributed by atoms with E-state index in [2.05, 4.69) is 35.5 Å². The second kappa shape index (κ2) is 6.71. The second-order valence-electron chi connectivity index (χ2n) is 6.36. The molecule has 5 aromatic rings. The minimum Gasteiger partial charge on any atom is -0.467 e. The van der Waals surface area contributed by atoms with Gasteiger partial charge < -0.3 is 15.0 Å². The van der Waals surface area contributed by atoms with Gasteiger partial charge in [-0.2, -0.15) is 10.1 Å². The molecule has 0 saturated heterocycles. The highest BCUT2D eigenvalue weighted by Gasteiger charge is 2.13. The third kappa shape index (κ3) is 3.04. The Balaban J connectivity index is 1.45. The number of fused-ring (bicyclic) bond motifs is 2. The molecule has 0 aliphatic heterocycles. The number of methoxy groups -OCH3 is 1. The molecule has 0 aliphatic carbocycles. The number of carbonyl (C=O) groups excluding carboxylic acids is 1. The van der Waals surface area contributed by atoms with Crippen LogP contribution in [0.15, 0.2) is 55.0 Å². The van der Waals surface area contributed by atoms with E-state index in [9.17, 15) is 4.79 Å². The van der Waals surface area contributed by atoms with Crippen molar-refractivity contribution in [2.75, 3.05) is 12.4 Å². The zero-order chi connectivity index (χ0) is 19.8. The van der Waals surface area contributed by atoms with Crippen LogP contribution >= 0.6 is 0 Å². The number of benzene rings is 1. The van der Waals surface area contributed by atoms with Crippen LogP contribution < -0.4 is 10.1 Å². The Morgan fingerprint density at radius 2 is 2.03 bits per heavy atom. The quantitative estimate of drug-likeness (QED) is 0.437. The van der Waals surface area contributed by atoms with E-state index in [1.54, 1.807) is 42.9 Å². The molecule has 4 heterocycles. The first kappa shape index (κ1) is 16.9. The summed E-state index contributed by atoms with van der Waals surface area (Å²) in [6.45, 7) is 0. The summed E-state index contributed by atoms with van der Waals surface area (Å²) in [5.74, 6) is 0.188. The molecule has 0 atom stereocenters. The zero-order valence-electron chi connectivity index (χ0n) is 15.3. The Labute approximate surface area is 164 Å². The summed E-state index contributed by atoms with van der Waals surface area (Å²) in [7, 11) is 1.52. The van der Waals surface area contributed by atoms with Gasteiger partial charge in [0.1, 0.15) is 5.82 Å². The normalized spacial score (nSPS) is 11.1. The Hall–Kier alpha value is -4.27. The van der Waals surface area contributed by atoms with Crippen molar-refractivity contribution >= 4 is 33.5 Å². The number of aromatic amines is 2. The van der Waals surface area contributed by atoms with Crippen LogP contribution in [0.4, 0.5) is 5.82 Å². The lowest BCUT2D eigenvalue weighted by molar-refractivity contribution is 0.102. The van der Waals surface area contributed by atoms with Crippen molar-refractivity contribution < 1.29 is 9.53 Å². The molecule has 142 valence electrons. The van der Waals surface area contributed by atoms with Crippen LogP contribution in [0, 0.1) is 0 Å². The van der Waals surface area contributed by atoms with E-state index in [1.807, 2.05) is 12.1 Å². The first-order valence-corrected chi connectivity index (χ1v) is 8.81. The molecule has 0 radical (unpaired) electrons. The number of hydrogen-bond donors (Lipinski definition) is 3. The van der Waals surface area contributed by atoms with Gasteiger partial charge in [0.25, 0.3) is 5.91 Å². The molecule has 29 heavy (non-hydrogen) atoms. The molecule has 0 aliphatic rings. The number of hydrogen-bond acceptors (Lipinski definition) is 6. The van der Waals surface area contributed by atoms with Crippen molar-refractivity contribution in [1.82, 2.24) is 30.1 Å². The largest absolute Gasteiger partial charge is 0.467 e. The number of rotatable bonds is 4. The molecule has 4 aromatic heterocycles. The molecule has 3 N–H and O–H groups in total. The van der Waals surface area contributed by atoms with Crippen LogP contribution in [0.5, 0.6) is 6.01 Å². The SMILES string of the molecule is COc1nccc(-c2cc3cnc(NC(=O)c4cccc5[nH]ncc45)cc3[nH]2)n1. The van der Waals surface area contributed by atoms with E-state index in [4.69, 9.17) is 4.74 Å². The number of anilines is 1. The van der Waals surface area contributed by atoms with Crippen LogP contribution in [-0.4, -0.2) is 43.2 Å². The average molecular weight is 385 g/mol. The fourth-order valence-electron chi connectivity index (χ4n) is 3.17. The summed E-state index contributed by atoms with van der Waals surface area (Å²) in [5, 5.41) is 11.3. The Bertz CT molecular complexity index is 1360. The molecule has 5 rings (SSSR count). The van der Waals surface area contributed by atoms with Crippen LogP contribution in [0.25, 0.3) is 33.2 Å². The second-order valence-corrected chi connectivity index (χ2v) is 6.36. The molecule has 9 heteroatoms. The third-order valence-electron chi connectivity index (χ3n) is 4.57. The van der Waals surface area contributed by atoms with E-state index in [1.165, 1.54) is 7.11 Å². The van der Waals surface area contributed by atoms with Crippen molar-refractivity contribution in [3.05, 3.63) is 60.6 Å². The van der Waals surface area contributed by atoms with Crippen LogP contribution in [-0.2, 0) is 0 Å². The average Bonchev–Trinajstić information content (AvgIpc) is 3.40. The number of carbonyl (C=O) groups is 1. The molecule has 0 fully saturated rings. The molecule has 0 spiro atoms. The summed E-state index contributed by atoms with van der Waals surface area (Å²) < 4.78 is 5.08. The smallest absolute Gasteiger partial charge is 0.316 e. The first-order valence-electron chi connectivity index (χ1n) is 8.81. The van der Waals surface area contributed by atoms with Gasteiger partial charge in [0.15, 0.2) is 0 Å². The van der Waals surface area contributed by atoms with E-state index >= 15 is 0 Å². The number of ether oxygens (including phenoxy) is 1. The van der Waals surface area contributed by atoms with Gasteiger partial charge in [0.05, 0.1) is 41.3 Å². The highest BCUT2D eigenvalue weighted by Crippen LogP contribution is 2.25. The standard InChI is InChI=1S/C20H15N7O2/c1-29-20-21-6-5-15(25-20)17-7-11-9-22-18(8-16(11)24-17)26-19(28)12-3-2-4-14-13(12)10-23-27-14/h2-10,24H,1H3,(H,23,27)(H,22,26,28). The maximum Gasteiger partial charge on any atom is 0.316 e. The van der Waals surface area contributed by atoms with E-state index in [-0.39, 0.29) is 5.91 Å². The summed E-state index contributed by atoms with van der Waals surface area (Å²) in [4.78, 5) is 28.7. The molecule has 1 aromatic carbocycles. The number of amides is 1. The van der Waals surface area contributed by atoms with Crippen molar-refractivity contribution in [2.24, 2.45) is 0 Å². The number of H-pyrrole nitrogens is 2. The molecule has 0 bridgehead atoms. The number of aromatic nitrogens is 6. The monoisotopic (exact) mass is 385 g/mol. The molecule has 1 amide bonds. The van der Waals surface area contributed by atoms with Gasteiger partial charge in [-0.3, -0.25) is 9.89 Å². The Morgan fingerprint density at radius 3 is 2.93 bits per heavy atom. The first-order chi connectivity index (χ1) is 14.2. The van der Waals surface area contributed by atoms with Gasteiger partial charge in [-0.25, -0.2) is 9.97 Å². The molecular weight excluding hydrogens is 370 g/mol. The van der Waals surface area contributed by atoms with E-state index < -0.39 is 0 Å². The van der Waals surface area contributed by atoms with Crippen LogP contribution in [0.1, 0.15) is 10.4 Å². The van der Waals surface area contributed by atoms with Gasteiger partial charge in [0.2, 0.25) is 0 Å². The maximum atomic E-state index is 12.7. The Morgan fingerprint density at radius 1 is 1.10 bits per heavy atom. The molecule has 9 nitrogen and oxygen atoms in total. The third-order valence-corrected chi connectivity index (χ3v) is 4.57. The fraction of sp³-hybridized carbons (Fsp3) is 0.0500. The predicted octanol–water partition coefficient (Wildman–Crippen LogP) is 3.16. The van der Waals surface area contributed by atoms with Gasteiger partial charge in [-0.05, 0) is 24.3 Å². The number of nitrogens with zero attached hydrogens (tertiary/aromatic N) is 4. The highest BCUT2D eigenvalue weighted by atomic mass is 16.5. The minimum atomic E-state index is -0.254. The lowest BCUT2D eigenvalue weighted by atomic mass is 10.1. The van der Waals surface area contributed by atoms with Crippen molar-refractivity contribution in [2.45, 2.75) is 0 Å². The number of nitrogens with one attached hydrogen (secondary N) is 3. The highest BCUT2D eigenvalue weighted by molar-refractivity contribution is 6.12. The molecular formula is C20H15N7O2. The van der Waals surface area contributed by atoms with Crippen molar-refractivity contribution in [3.63, 3.8) is 0 Å². The minimum absolute atomic E-state index is 0.254. The summed E-state index contributed by atoms with van der Waals surface area (Å²) >= 11 is 0. The summed E-state index contributed by atoms with van der Waals surface area (Å²) in [6, 6.07) is 11.2. The van der Waals surface area contributed by atoms with Crippen molar-refractivity contribution in [3.8, 4) is 17.4 Å².